The van der Waals surface area contributed by atoms with E-state index >= 15 is 0 Å². The van der Waals surface area contributed by atoms with Crippen LogP contribution in [0.2, 0.25) is 0 Å². The maximum absolute atomic E-state index is 2.37. The Balaban J connectivity index is 0.000000646. The van der Waals surface area contributed by atoms with E-state index < -0.39 is 0 Å². The quantitative estimate of drug-likeness (QED) is 0.322. The molecule has 1 nitrogen and oxygen atoms in total. The van der Waals surface area contributed by atoms with Crippen LogP contribution in [0.15, 0.2) is 72.8 Å². The van der Waals surface area contributed by atoms with E-state index in [2.05, 4.69) is 98.5 Å². The Labute approximate surface area is 220 Å². The number of nitrogens with zero attached hydrogens (tertiary/aromatic N) is 1. The van der Waals surface area contributed by atoms with Crippen LogP contribution in [0.3, 0.4) is 0 Å². The molecule has 2 heteroatoms. The molecule has 0 bridgehead atoms. The van der Waals surface area contributed by atoms with Gasteiger partial charge in [-0.05, 0) is 80.5 Å². The van der Waals surface area contributed by atoms with Crippen LogP contribution in [-0.2, 0) is 16.8 Å². The second-order valence-corrected chi connectivity index (χ2v) is 9.53. The predicted octanol–water partition coefficient (Wildman–Crippen LogP) is 10.1. The smallest absolute Gasteiger partial charge is 0.358 e. The summed E-state index contributed by atoms with van der Waals surface area (Å²) in [6.45, 7) is 6.64. The molecule has 2 saturated carbocycles. The molecule has 3 aromatic carbocycles. The van der Waals surface area contributed by atoms with Gasteiger partial charge in [0, 0.05) is 17.1 Å². The molecule has 2 aliphatic carbocycles. The molecule has 0 aliphatic heterocycles. The fourth-order valence-electron chi connectivity index (χ4n) is 4.75. The zero-order valence-corrected chi connectivity index (χ0v) is 22.9. The molecule has 0 spiro atoms. The minimum atomic E-state index is 0. The zero-order chi connectivity index (χ0) is 21.6. The molecule has 2 unspecified atom stereocenters. The van der Waals surface area contributed by atoms with Crippen molar-refractivity contribution in [2.24, 2.45) is 5.92 Å². The summed E-state index contributed by atoms with van der Waals surface area (Å²) in [5, 5.41) is 0. The number of hydrogen-bond acceptors (Lipinski definition) is 1. The van der Waals surface area contributed by atoms with Crippen molar-refractivity contribution < 1.29 is 16.8 Å². The average Bonchev–Trinajstić information content (AvgIpc) is 3.37. The van der Waals surface area contributed by atoms with E-state index in [4.69, 9.17) is 0 Å². The van der Waals surface area contributed by atoms with Crippen molar-refractivity contribution in [1.82, 2.24) is 0 Å². The van der Waals surface area contributed by atoms with Crippen LogP contribution >= 0.6 is 0 Å². The largest absolute Gasteiger partial charge is 2.00 e. The van der Waals surface area contributed by atoms with Crippen molar-refractivity contribution in [3.63, 3.8) is 0 Å². The Morgan fingerprint density at radius 1 is 0.559 bits per heavy atom. The molecule has 5 rings (SSSR count). The maximum Gasteiger partial charge on any atom is 2.00 e. The van der Waals surface area contributed by atoms with E-state index in [0.29, 0.717) is 0 Å². The molecule has 0 amide bonds. The fraction of sp³-hybridized carbons (Fsp3) is 0.375. The first-order chi connectivity index (χ1) is 15.1. The zero-order valence-electron chi connectivity index (χ0n) is 21.8. The van der Waals surface area contributed by atoms with Crippen molar-refractivity contribution in [3.05, 3.63) is 104 Å². The van der Waals surface area contributed by atoms with Gasteiger partial charge >= 0.3 is 16.8 Å². The molecular weight excluding hydrogens is 457 g/mol. The molecule has 2 fully saturated rings. The van der Waals surface area contributed by atoms with Crippen LogP contribution in [0.1, 0.15) is 74.5 Å². The average molecular weight is 501 g/mol. The van der Waals surface area contributed by atoms with Crippen LogP contribution in [0.25, 0.3) is 0 Å². The SMILES string of the molecule is C1CCCC1.Cc1ccc(N(c2ccc(C)cc2)c2ccc(C3CCC3C)cc2)cc1.[CH3-].[CH3-].[Co+2]. The topological polar surface area (TPSA) is 3.24 Å². The summed E-state index contributed by atoms with van der Waals surface area (Å²) in [6, 6.07) is 26.8. The van der Waals surface area contributed by atoms with Crippen molar-refractivity contribution in [2.75, 3.05) is 4.90 Å². The molecule has 0 saturated heterocycles. The number of anilines is 3. The molecule has 185 valence electrons. The third-order valence-electron chi connectivity index (χ3n) is 7.03. The van der Waals surface area contributed by atoms with Gasteiger partial charge in [0.2, 0.25) is 0 Å². The minimum absolute atomic E-state index is 0. The normalized spacial score (nSPS) is 18.1. The summed E-state index contributed by atoms with van der Waals surface area (Å²) < 4.78 is 0. The third kappa shape index (κ3) is 7.48. The summed E-state index contributed by atoms with van der Waals surface area (Å²) in [5.41, 5.74) is 7.67. The van der Waals surface area contributed by atoms with E-state index in [-0.39, 0.29) is 31.6 Å². The summed E-state index contributed by atoms with van der Waals surface area (Å²) in [6.07, 6.45) is 10.2. The first kappa shape index (κ1) is 30.0. The van der Waals surface area contributed by atoms with Crippen molar-refractivity contribution in [3.8, 4) is 0 Å². The van der Waals surface area contributed by atoms with E-state index in [9.17, 15) is 0 Å². The number of rotatable bonds is 4. The fourth-order valence-corrected chi connectivity index (χ4v) is 4.75. The van der Waals surface area contributed by atoms with Crippen LogP contribution < -0.4 is 4.90 Å². The monoisotopic (exact) mass is 500 g/mol. The summed E-state index contributed by atoms with van der Waals surface area (Å²) >= 11 is 0. The predicted molar refractivity (Wildman–Crippen MR) is 148 cm³/mol. The summed E-state index contributed by atoms with van der Waals surface area (Å²) in [5.74, 6) is 1.57. The molecule has 0 heterocycles. The van der Waals surface area contributed by atoms with Crippen LogP contribution in [-0.4, -0.2) is 0 Å². The first-order valence-electron chi connectivity index (χ1n) is 12.2. The van der Waals surface area contributed by atoms with Crippen LogP contribution in [0.4, 0.5) is 17.1 Å². The second-order valence-electron chi connectivity index (χ2n) is 9.53. The first-order valence-corrected chi connectivity index (χ1v) is 12.2. The van der Waals surface area contributed by atoms with Gasteiger partial charge in [-0.15, -0.1) is 0 Å². The molecule has 34 heavy (non-hydrogen) atoms. The van der Waals surface area contributed by atoms with Gasteiger partial charge in [-0.3, -0.25) is 0 Å². The van der Waals surface area contributed by atoms with Crippen molar-refractivity contribution in [2.45, 2.75) is 71.6 Å². The van der Waals surface area contributed by atoms with E-state index in [1.807, 2.05) is 0 Å². The van der Waals surface area contributed by atoms with E-state index in [0.717, 1.165) is 11.8 Å². The summed E-state index contributed by atoms with van der Waals surface area (Å²) in [4.78, 5) is 2.34. The molecule has 3 aromatic rings. The standard InChI is InChI=1S/C25H27N.C5H10.2CH3.Co/c1-18-4-11-22(12-5-18)26(23-13-6-19(2)7-14-23)24-15-9-21(10-16-24)25-17-8-20(25)3;1-2-4-5-3-1;;;/h4-7,9-16,20,25H,8,17H2,1-3H3;1-5H2;2*1H3;/q;;2*-1;+2. The number of benzene rings is 3. The third-order valence-corrected chi connectivity index (χ3v) is 7.03. The minimum Gasteiger partial charge on any atom is -0.358 e. The van der Waals surface area contributed by atoms with Gasteiger partial charge in [0.15, 0.2) is 0 Å². The van der Waals surface area contributed by atoms with Gasteiger partial charge in [-0.25, -0.2) is 0 Å². The van der Waals surface area contributed by atoms with Crippen molar-refractivity contribution >= 4 is 17.1 Å². The van der Waals surface area contributed by atoms with Crippen LogP contribution in [0, 0.1) is 34.6 Å². The van der Waals surface area contributed by atoms with Gasteiger partial charge < -0.3 is 19.8 Å². The Kier molecular flexibility index (Phi) is 12.7. The van der Waals surface area contributed by atoms with Gasteiger partial charge in [0.1, 0.15) is 0 Å². The molecule has 2 atom stereocenters. The maximum atomic E-state index is 2.37. The molecule has 2 aliphatic rings. The summed E-state index contributed by atoms with van der Waals surface area (Å²) in [7, 11) is 0. The molecule has 0 N–H and O–H groups in total. The number of aryl methyl sites for hydroxylation is 2. The molecule has 0 aromatic heterocycles. The van der Waals surface area contributed by atoms with Crippen molar-refractivity contribution in [1.29, 1.82) is 0 Å². The molecule has 1 radical (unpaired) electrons. The second kappa shape index (κ2) is 14.4. The van der Waals surface area contributed by atoms with E-state index in [1.165, 1.54) is 78.7 Å². The Hall–Kier alpha value is -2.03. The van der Waals surface area contributed by atoms with E-state index in [1.54, 1.807) is 0 Å². The molecular formula is C32H43CoN. The van der Waals surface area contributed by atoms with Crippen LogP contribution in [0.5, 0.6) is 0 Å². The van der Waals surface area contributed by atoms with Gasteiger partial charge in [0.05, 0.1) is 0 Å². The van der Waals surface area contributed by atoms with Gasteiger partial charge in [-0.1, -0.05) is 86.6 Å². The van der Waals surface area contributed by atoms with Gasteiger partial charge in [0.25, 0.3) is 0 Å². The van der Waals surface area contributed by atoms with Gasteiger partial charge in [-0.2, -0.15) is 0 Å². The Bertz CT molecular complexity index is 887. The number of hydrogen-bond donors (Lipinski definition) is 0. The Morgan fingerprint density at radius 2 is 0.912 bits per heavy atom. The Morgan fingerprint density at radius 3 is 1.21 bits per heavy atom.